The number of nitrogens with zero attached hydrogens (tertiary/aromatic N) is 1. The van der Waals surface area contributed by atoms with Crippen LogP contribution in [-0.2, 0) is 14.8 Å². The van der Waals surface area contributed by atoms with Gasteiger partial charge in [0.05, 0.1) is 24.5 Å². The molecular formula is C20H24FN3O4S. The molecule has 156 valence electrons. The van der Waals surface area contributed by atoms with E-state index in [1.54, 1.807) is 12.1 Å². The fourth-order valence-corrected chi connectivity index (χ4v) is 4.22. The molecule has 0 unspecified atom stereocenters. The molecule has 1 fully saturated rings. The summed E-state index contributed by atoms with van der Waals surface area (Å²) in [5.41, 5.74) is 0.278. The summed E-state index contributed by atoms with van der Waals surface area (Å²) >= 11 is 0. The summed E-state index contributed by atoms with van der Waals surface area (Å²) in [5.74, 6) is -1.25. The quantitative estimate of drug-likeness (QED) is 0.638. The number of anilines is 1. The Labute approximate surface area is 169 Å². The average Bonchev–Trinajstić information content (AvgIpc) is 2.72. The van der Waals surface area contributed by atoms with Gasteiger partial charge in [-0.3, -0.25) is 14.4 Å². The van der Waals surface area contributed by atoms with Gasteiger partial charge in [0.2, 0.25) is 0 Å². The first-order valence-electron chi connectivity index (χ1n) is 9.42. The van der Waals surface area contributed by atoms with Crippen molar-refractivity contribution in [1.82, 2.24) is 10.2 Å². The number of sulfonamides is 1. The predicted octanol–water partition coefficient (Wildman–Crippen LogP) is 2.08. The Bertz CT molecular complexity index is 946. The Hall–Kier alpha value is -2.49. The fourth-order valence-electron chi connectivity index (χ4n) is 3.06. The Kier molecular flexibility index (Phi) is 7.18. The highest BCUT2D eigenvalue weighted by molar-refractivity contribution is 7.92. The largest absolute Gasteiger partial charge is 0.379 e. The van der Waals surface area contributed by atoms with Crippen molar-refractivity contribution in [3.05, 3.63) is 59.9 Å². The van der Waals surface area contributed by atoms with Gasteiger partial charge in [-0.15, -0.1) is 0 Å². The SMILES string of the molecule is O=C(NCCCN1CCOCC1)c1ccccc1NS(=O)(=O)c1ccccc1F. The van der Waals surface area contributed by atoms with Crippen LogP contribution in [0.1, 0.15) is 16.8 Å². The lowest BCUT2D eigenvalue weighted by Crippen LogP contribution is -2.38. The van der Waals surface area contributed by atoms with Gasteiger partial charge >= 0.3 is 0 Å². The maximum Gasteiger partial charge on any atom is 0.264 e. The van der Waals surface area contributed by atoms with Crippen LogP contribution in [0, 0.1) is 5.82 Å². The molecule has 0 radical (unpaired) electrons. The van der Waals surface area contributed by atoms with Crippen LogP contribution in [0.5, 0.6) is 0 Å². The Balaban J connectivity index is 1.62. The van der Waals surface area contributed by atoms with Crippen LogP contribution in [0.4, 0.5) is 10.1 Å². The highest BCUT2D eigenvalue weighted by atomic mass is 32.2. The van der Waals surface area contributed by atoms with Crippen LogP contribution in [0.25, 0.3) is 0 Å². The van der Waals surface area contributed by atoms with Crippen molar-refractivity contribution in [3.63, 3.8) is 0 Å². The number of hydrogen-bond acceptors (Lipinski definition) is 5. The maximum atomic E-state index is 13.9. The van der Waals surface area contributed by atoms with Crippen LogP contribution < -0.4 is 10.0 Å². The number of carbonyl (C=O) groups excluding carboxylic acids is 1. The molecule has 1 heterocycles. The summed E-state index contributed by atoms with van der Waals surface area (Å²) in [7, 11) is -4.16. The second-order valence-electron chi connectivity index (χ2n) is 6.64. The van der Waals surface area contributed by atoms with E-state index in [-0.39, 0.29) is 17.2 Å². The van der Waals surface area contributed by atoms with Crippen molar-refractivity contribution >= 4 is 21.6 Å². The van der Waals surface area contributed by atoms with E-state index in [1.165, 1.54) is 30.3 Å². The van der Waals surface area contributed by atoms with Gasteiger partial charge in [-0.05, 0) is 37.2 Å². The standard InChI is InChI=1S/C20H24FN3O4S/c21-17-7-2-4-9-19(17)29(26,27)23-18-8-3-1-6-16(18)20(25)22-10-5-11-24-12-14-28-15-13-24/h1-4,6-9,23H,5,10-15H2,(H,22,25). The minimum absolute atomic E-state index is 0.0985. The lowest BCUT2D eigenvalue weighted by Gasteiger charge is -2.26. The zero-order chi connectivity index (χ0) is 20.7. The summed E-state index contributed by atoms with van der Waals surface area (Å²) in [4.78, 5) is 14.4. The summed E-state index contributed by atoms with van der Waals surface area (Å²) in [6.45, 7) is 4.53. The molecule has 0 saturated carbocycles. The normalized spacial score (nSPS) is 15.1. The van der Waals surface area contributed by atoms with E-state index < -0.39 is 20.7 Å². The van der Waals surface area contributed by atoms with Crippen LogP contribution >= 0.6 is 0 Å². The van der Waals surface area contributed by atoms with Crippen molar-refractivity contribution in [2.24, 2.45) is 0 Å². The zero-order valence-corrected chi connectivity index (χ0v) is 16.8. The number of hydrogen-bond donors (Lipinski definition) is 2. The smallest absolute Gasteiger partial charge is 0.264 e. The molecular weight excluding hydrogens is 397 g/mol. The second kappa shape index (κ2) is 9.82. The lowest BCUT2D eigenvalue weighted by atomic mass is 10.1. The number of para-hydroxylation sites is 1. The fraction of sp³-hybridized carbons (Fsp3) is 0.350. The summed E-state index contributed by atoms with van der Waals surface area (Å²) in [6.07, 6.45) is 0.773. The van der Waals surface area contributed by atoms with E-state index in [0.29, 0.717) is 6.54 Å². The molecule has 1 amide bonds. The first-order chi connectivity index (χ1) is 14.0. The third kappa shape index (κ3) is 5.75. The molecule has 1 aliphatic heterocycles. The van der Waals surface area contributed by atoms with Gasteiger partial charge in [-0.1, -0.05) is 24.3 Å². The van der Waals surface area contributed by atoms with E-state index in [1.807, 2.05) is 0 Å². The number of nitrogens with one attached hydrogen (secondary N) is 2. The minimum atomic E-state index is -4.16. The van der Waals surface area contributed by atoms with Crippen molar-refractivity contribution in [2.75, 3.05) is 44.1 Å². The molecule has 1 saturated heterocycles. The van der Waals surface area contributed by atoms with Crippen molar-refractivity contribution in [3.8, 4) is 0 Å². The Morgan fingerprint density at radius 2 is 1.76 bits per heavy atom. The van der Waals surface area contributed by atoms with E-state index in [9.17, 15) is 17.6 Å². The number of rotatable bonds is 8. The molecule has 2 aromatic rings. The molecule has 0 aliphatic carbocycles. The van der Waals surface area contributed by atoms with Gasteiger partial charge < -0.3 is 10.1 Å². The molecule has 2 N–H and O–H groups in total. The zero-order valence-electron chi connectivity index (χ0n) is 15.9. The van der Waals surface area contributed by atoms with Gasteiger partial charge in [0.25, 0.3) is 15.9 Å². The first-order valence-corrected chi connectivity index (χ1v) is 10.9. The second-order valence-corrected chi connectivity index (χ2v) is 8.30. The van der Waals surface area contributed by atoms with Crippen molar-refractivity contribution in [1.29, 1.82) is 0 Å². The topological polar surface area (TPSA) is 87.7 Å². The number of carbonyl (C=O) groups is 1. The molecule has 2 aromatic carbocycles. The molecule has 0 spiro atoms. The minimum Gasteiger partial charge on any atom is -0.379 e. The Morgan fingerprint density at radius 3 is 2.52 bits per heavy atom. The summed E-state index contributed by atoms with van der Waals surface area (Å²) in [5, 5.41) is 2.81. The van der Waals surface area contributed by atoms with E-state index in [2.05, 4.69) is 14.9 Å². The van der Waals surface area contributed by atoms with Gasteiger partial charge in [0.1, 0.15) is 10.7 Å². The molecule has 3 rings (SSSR count). The Morgan fingerprint density at radius 1 is 1.07 bits per heavy atom. The van der Waals surface area contributed by atoms with Crippen molar-refractivity contribution < 1.29 is 22.3 Å². The van der Waals surface area contributed by atoms with Crippen LogP contribution in [0.2, 0.25) is 0 Å². The number of benzene rings is 2. The maximum absolute atomic E-state index is 13.9. The first kappa shape index (κ1) is 21.2. The number of ether oxygens (including phenoxy) is 1. The molecule has 0 aromatic heterocycles. The molecule has 29 heavy (non-hydrogen) atoms. The van der Waals surface area contributed by atoms with Crippen molar-refractivity contribution in [2.45, 2.75) is 11.3 Å². The van der Waals surface area contributed by atoms with Crippen LogP contribution in [0.15, 0.2) is 53.4 Å². The monoisotopic (exact) mass is 421 g/mol. The van der Waals surface area contributed by atoms with E-state index in [0.717, 1.165) is 45.3 Å². The van der Waals surface area contributed by atoms with Gasteiger partial charge in [-0.25, -0.2) is 12.8 Å². The average molecular weight is 421 g/mol. The third-order valence-electron chi connectivity index (χ3n) is 4.58. The van der Waals surface area contributed by atoms with Gasteiger partial charge in [0, 0.05) is 19.6 Å². The molecule has 0 bridgehead atoms. The van der Waals surface area contributed by atoms with E-state index in [4.69, 9.17) is 4.74 Å². The highest BCUT2D eigenvalue weighted by Crippen LogP contribution is 2.21. The molecule has 7 nitrogen and oxygen atoms in total. The predicted molar refractivity (Wildman–Crippen MR) is 108 cm³/mol. The summed E-state index contributed by atoms with van der Waals surface area (Å²) in [6, 6.07) is 11.3. The number of amides is 1. The van der Waals surface area contributed by atoms with Gasteiger partial charge in [-0.2, -0.15) is 0 Å². The van der Waals surface area contributed by atoms with E-state index >= 15 is 0 Å². The third-order valence-corrected chi connectivity index (χ3v) is 5.98. The highest BCUT2D eigenvalue weighted by Gasteiger charge is 2.21. The molecule has 1 aliphatic rings. The summed E-state index contributed by atoms with van der Waals surface area (Å²) < 4.78 is 46.6. The number of morpholine rings is 1. The van der Waals surface area contributed by atoms with Crippen LogP contribution in [0.3, 0.4) is 0 Å². The molecule has 9 heteroatoms. The molecule has 0 atom stereocenters. The number of halogens is 1. The van der Waals surface area contributed by atoms with Gasteiger partial charge in [0.15, 0.2) is 0 Å². The lowest BCUT2D eigenvalue weighted by molar-refractivity contribution is 0.0374. The van der Waals surface area contributed by atoms with Crippen LogP contribution in [-0.4, -0.2) is 58.6 Å².